The number of amides is 2. The van der Waals surface area contributed by atoms with E-state index in [0.717, 1.165) is 38.0 Å². The van der Waals surface area contributed by atoms with Gasteiger partial charge in [-0.15, -0.1) is 0 Å². The maximum Gasteiger partial charge on any atom is 0.407 e. The summed E-state index contributed by atoms with van der Waals surface area (Å²) in [7, 11) is 0. The van der Waals surface area contributed by atoms with Crippen molar-refractivity contribution in [1.29, 1.82) is 0 Å². The van der Waals surface area contributed by atoms with Crippen LogP contribution in [0.15, 0.2) is 24.3 Å². The lowest BCUT2D eigenvalue weighted by Gasteiger charge is -2.35. The molecule has 0 aliphatic carbocycles. The molecule has 1 aromatic rings. The van der Waals surface area contributed by atoms with Crippen LogP contribution >= 0.6 is 11.6 Å². The summed E-state index contributed by atoms with van der Waals surface area (Å²) in [6, 6.07) is 7.54. The summed E-state index contributed by atoms with van der Waals surface area (Å²) in [5.74, 6) is -0.130. The second-order valence-electron chi connectivity index (χ2n) is 8.10. The van der Waals surface area contributed by atoms with Gasteiger partial charge in [-0.05, 0) is 43.9 Å². The smallest absolute Gasteiger partial charge is 0.407 e. The third-order valence-electron chi connectivity index (χ3n) is 6.17. The van der Waals surface area contributed by atoms with Gasteiger partial charge in [0.1, 0.15) is 6.61 Å². The molecule has 0 radical (unpaired) electrons. The van der Waals surface area contributed by atoms with E-state index in [1.54, 1.807) is 6.07 Å². The lowest BCUT2D eigenvalue weighted by molar-refractivity contribution is -0.140. The van der Waals surface area contributed by atoms with Crippen LogP contribution in [0.2, 0.25) is 5.02 Å². The average Bonchev–Trinajstić information content (AvgIpc) is 2.78. The molecule has 0 atom stereocenters. The quantitative estimate of drug-likeness (QED) is 0.685. The van der Waals surface area contributed by atoms with Gasteiger partial charge in [0, 0.05) is 43.9 Å². The minimum Gasteiger partial charge on any atom is -0.448 e. The molecule has 30 heavy (non-hydrogen) atoms. The lowest BCUT2D eigenvalue weighted by Crippen LogP contribution is -2.49. The van der Waals surface area contributed by atoms with E-state index in [9.17, 15) is 9.59 Å². The fraction of sp³-hybridized carbons (Fsp3) is 0.636. The molecule has 0 bridgehead atoms. The second-order valence-corrected chi connectivity index (χ2v) is 8.50. The Morgan fingerprint density at radius 2 is 1.93 bits per heavy atom. The molecular weight excluding hydrogens is 406 g/mol. The maximum atomic E-state index is 13.0. The fourth-order valence-electron chi connectivity index (χ4n) is 4.01. The molecule has 0 unspecified atom stereocenters. The molecule has 2 heterocycles. The first-order valence-electron chi connectivity index (χ1n) is 10.8. The topological polar surface area (TPSA) is 79.9 Å². The Morgan fingerprint density at radius 3 is 2.60 bits per heavy atom. The summed E-state index contributed by atoms with van der Waals surface area (Å²) in [4.78, 5) is 27.8. The number of nitrogens with one attached hydrogen (secondary N) is 2. The van der Waals surface area contributed by atoms with Crippen LogP contribution in [0.3, 0.4) is 0 Å². The Bertz CT molecular complexity index is 716. The Balaban J connectivity index is 1.52. The Morgan fingerprint density at radius 1 is 1.23 bits per heavy atom. The number of ether oxygens (including phenoxy) is 2. The van der Waals surface area contributed by atoms with Gasteiger partial charge in [-0.1, -0.05) is 36.7 Å². The number of halogens is 1. The van der Waals surface area contributed by atoms with E-state index in [4.69, 9.17) is 21.1 Å². The van der Waals surface area contributed by atoms with Crippen LogP contribution in [0, 0.1) is 5.41 Å². The number of carbonyl (C=O) groups excluding carboxylic acids is 2. The van der Waals surface area contributed by atoms with E-state index >= 15 is 0 Å². The summed E-state index contributed by atoms with van der Waals surface area (Å²) < 4.78 is 11.0. The van der Waals surface area contributed by atoms with Crippen molar-refractivity contribution in [1.82, 2.24) is 15.5 Å². The number of piperidine rings is 1. The number of rotatable bonds is 7. The standard InChI is InChI=1S/C22H32ClN3O4/c1-2-26-11-7-18(8-12-26)25-21(28)30-16-22(9-13-29-14-10-22)20(27)24-15-17-5-3-4-6-19(17)23/h3-6,18H,2,7-16H2,1H3,(H,24,27)(H,25,28). The fourth-order valence-corrected chi connectivity index (χ4v) is 4.21. The van der Waals surface area contributed by atoms with E-state index in [1.165, 1.54) is 0 Å². The molecule has 7 nitrogen and oxygen atoms in total. The normalized spacial score (nSPS) is 19.8. The number of nitrogens with zero attached hydrogens (tertiary/aromatic N) is 1. The predicted octanol–water partition coefficient (Wildman–Crippen LogP) is 2.96. The van der Waals surface area contributed by atoms with Crippen LogP contribution in [0.1, 0.15) is 38.2 Å². The monoisotopic (exact) mass is 437 g/mol. The number of hydrogen-bond donors (Lipinski definition) is 2. The summed E-state index contributed by atoms with van der Waals surface area (Å²) in [6.45, 7) is 6.46. The highest BCUT2D eigenvalue weighted by atomic mass is 35.5. The molecule has 2 aliphatic rings. The molecule has 3 rings (SSSR count). The number of benzene rings is 1. The third kappa shape index (κ3) is 6.09. The first-order valence-corrected chi connectivity index (χ1v) is 11.2. The summed E-state index contributed by atoms with van der Waals surface area (Å²) >= 11 is 6.19. The highest BCUT2D eigenvalue weighted by Gasteiger charge is 2.41. The van der Waals surface area contributed by atoms with Gasteiger partial charge in [-0.25, -0.2) is 4.79 Å². The first-order chi connectivity index (χ1) is 14.5. The van der Waals surface area contributed by atoms with Gasteiger partial charge in [0.2, 0.25) is 5.91 Å². The van der Waals surface area contributed by atoms with Gasteiger partial charge in [-0.3, -0.25) is 4.79 Å². The van der Waals surface area contributed by atoms with E-state index in [2.05, 4.69) is 22.5 Å². The summed E-state index contributed by atoms with van der Waals surface area (Å²) in [5, 5.41) is 6.54. The van der Waals surface area contributed by atoms with Crippen molar-refractivity contribution >= 4 is 23.6 Å². The molecule has 166 valence electrons. The summed E-state index contributed by atoms with van der Waals surface area (Å²) in [6.07, 6.45) is 2.42. The van der Waals surface area contributed by atoms with E-state index < -0.39 is 11.5 Å². The third-order valence-corrected chi connectivity index (χ3v) is 6.53. The van der Waals surface area contributed by atoms with Gasteiger partial charge in [0.15, 0.2) is 0 Å². The van der Waals surface area contributed by atoms with Gasteiger partial charge in [-0.2, -0.15) is 0 Å². The minimum atomic E-state index is -0.775. The maximum absolute atomic E-state index is 13.0. The van der Waals surface area contributed by atoms with E-state index in [1.807, 2.05) is 18.2 Å². The number of likely N-dealkylation sites (tertiary alicyclic amines) is 1. The SMILES string of the molecule is CCN1CCC(NC(=O)OCC2(C(=O)NCc3ccccc3Cl)CCOCC2)CC1. The highest BCUT2D eigenvalue weighted by Crippen LogP contribution is 2.31. The van der Waals surface area contributed by atoms with Crippen LogP contribution < -0.4 is 10.6 Å². The molecule has 0 spiro atoms. The number of alkyl carbamates (subject to hydrolysis) is 1. The van der Waals surface area contributed by atoms with Gasteiger partial charge < -0.3 is 25.0 Å². The minimum absolute atomic E-state index is 0.0460. The van der Waals surface area contributed by atoms with Crippen molar-refractivity contribution in [3.8, 4) is 0 Å². The number of carbonyl (C=O) groups is 2. The van der Waals surface area contributed by atoms with Crippen LogP contribution in [0.25, 0.3) is 0 Å². The zero-order valence-corrected chi connectivity index (χ0v) is 18.4. The first kappa shape index (κ1) is 22.8. The van der Waals surface area contributed by atoms with Crippen molar-refractivity contribution in [3.05, 3.63) is 34.9 Å². The lowest BCUT2D eigenvalue weighted by atomic mass is 9.80. The molecular formula is C22H32ClN3O4. The molecule has 2 amide bonds. The molecule has 2 fully saturated rings. The van der Waals surface area contributed by atoms with Crippen molar-refractivity contribution in [2.75, 3.05) is 39.5 Å². The highest BCUT2D eigenvalue weighted by molar-refractivity contribution is 6.31. The Kier molecular flexibility index (Phi) is 8.36. The second kappa shape index (κ2) is 11.0. The van der Waals surface area contributed by atoms with Crippen molar-refractivity contribution in [2.24, 2.45) is 5.41 Å². The molecule has 0 saturated carbocycles. The van der Waals surface area contributed by atoms with Gasteiger partial charge >= 0.3 is 6.09 Å². The molecule has 0 aromatic heterocycles. The zero-order chi connectivity index (χ0) is 21.4. The molecule has 2 aliphatic heterocycles. The Labute approximate surface area is 183 Å². The van der Waals surface area contributed by atoms with Crippen LogP contribution in [-0.2, 0) is 20.8 Å². The molecule has 8 heteroatoms. The molecule has 2 saturated heterocycles. The average molecular weight is 438 g/mol. The summed E-state index contributed by atoms with van der Waals surface area (Å²) in [5.41, 5.74) is 0.0782. The zero-order valence-electron chi connectivity index (χ0n) is 17.6. The van der Waals surface area contributed by atoms with Crippen LogP contribution in [-0.4, -0.2) is 62.4 Å². The van der Waals surface area contributed by atoms with Crippen molar-refractivity contribution in [3.63, 3.8) is 0 Å². The van der Waals surface area contributed by atoms with Crippen molar-refractivity contribution in [2.45, 2.75) is 45.2 Å². The van der Waals surface area contributed by atoms with Crippen molar-refractivity contribution < 1.29 is 19.1 Å². The van der Waals surface area contributed by atoms with Crippen LogP contribution in [0.5, 0.6) is 0 Å². The number of hydrogen-bond acceptors (Lipinski definition) is 5. The van der Waals surface area contributed by atoms with E-state index in [-0.39, 0.29) is 18.6 Å². The van der Waals surface area contributed by atoms with Gasteiger partial charge in [0.25, 0.3) is 0 Å². The molecule has 1 aromatic carbocycles. The molecule has 2 N–H and O–H groups in total. The van der Waals surface area contributed by atoms with Gasteiger partial charge in [0.05, 0.1) is 5.41 Å². The Hall–Kier alpha value is -1.83. The van der Waals surface area contributed by atoms with E-state index in [0.29, 0.717) is 37.6 Å². The largest absolute Gasteiger partial charge is 0.448 e. The predicted molar refractivity (Wildman–Crippen MR) is 115 cm³/mol. The van der Waals surface area contributed by atoms with Crippen LogP contribution in [0.4, 0.5) is 4.79 Å².